The quantitative estimate of drug-likeness (QED) is 0.606. The summed E-state index contributed by atoms with van der Waals surface area (Å²) in [5, 5.41) is 4.21. The SMILES string of the molecule is Cc1ccnn1CCC(=O)N1CCOC(c2cccc(Cc3c(F)cccc3F)n2)C1. The summed E-state index contributed by atoms with van der Waals surface area (Å²) < 4.78 is 35.6. The lowest BCUT2D eigenvalue weighted by Crippen LogP contribution is -2.42. The Morgan fingerprint density at radius 3 is 2.68 bits per heavy atom. The van der Waals surface area contributed by atoms with Crippen LogP contribution in [0.3, 0.4) is 0 Å². The maximum absolute atomic E-state index is 14.0. The highest BCUT2D eigenvalue weighted by Gasteiger charge is 2.26. The Hall–Kier alpha value is -3.13. The van der Waals surface area contributed by atoms with Gasteiger partial charge in [0.2, 0.25) is 5.91 Å². The topological polar surface area (TPSA) is 60.2 Å². The second kappa shape index (κ2) is 9.34. The van der Waals surface area contributed by atoms with Crippen LogP contribution in [0.1, 0.15) is 35.2 Å². The van der Waals surface area contributed by atoms with Gasteiger partial charge >= 0.3 is 0 Å². The van der Waals surface area contributed by atoms with Crippen LogP contribution in [0.5, 0.6) is 0 Å². The predicted molar refractivity (Wildman–Crippen MR) is 110 cm³/mol. The lowest BCUT2D eigenvalue weighted by molar-refractivity contribution is -0.139. The summed E-state index contributed by atoms with van der Waals surface area (Å²) in [7, 11) is 0. The fraction of sp³-hybridized carbons (Fsp3) is 0.348. The second-order valence-corrected chi connectivity index (χ2v) is 7.58. The van der Waals surface area contributed by atoms with E-state index in [4.69, 9.17) is 4.74 Å². The van der Waals surface area contributed by atoms with Gasteiger partial charge in [-0.15, -0.1) is 0 Å². The fourth-order valence-corrected chi connectivity index (χ4v) is 3.71. The smallest absolute Gasteiger partial charge is 0.224 e. The van der Waals surface area contributed by atoms with Crippen LogP contribution in [0.4, 0.5) is 8.78 Å². The van der Waals surface area contributed by atoms with Crippen molar-refractivity contribution in [2.75, 3.05) is 19.7 Å². The summed E-state index contributed by atoms with van der Waals surface area (Å²) in [6, 6.07) is 11.1. The number of aromatic nitrogens is 3. The molecule has 0 radical (unpaired) electrons. The number of nitrogens with zero attached hydrogens (tertiary/aromatic N) is 4. The van der Waals surface area contributed by atoms with Crippen molar-refractivity contribution in [1.82, 2.24) is 19.7 Å². The Morgan fingerprint density at radius 2 is 1.94 bits per heavy atom. The van der Waals surface area contributed by atoms with E-state index in [1.54, 1.807) is 23.2 Å². The number of pyridine rings is 1. The van der Waals surface area contributed by atoms with E-state index >= 15 is 0 Å². The number of halogens is 2. The highest BCUT2D eigenvalue weighted by Crippen LogP contribution is 2.23. The van der Waals surface area contributed by atoms with Gasteiger partial charge in [-0.2, -0.15) is 5.10 Å². The molecule has 162 valence electrons. The van der Waals surface area contributed by atoms with Gasteiger partial charge in [-0.1, -0.05) is 12.1 Å². The summed E-state index contributed by atoms with van der Waals surface area (Å²) in [4.78, 5) is 19.0. The van der Waals surface area contributed by atoms with Gasteiger partial charge < -0.3 is 9.64 Å². The fourth-order valence-electron chi connectivity index (χ4n) is 3.71. The average Bonchev–Trinajstić information content (AvgIpc) is 3.20. The Labute approximate surface area is 179 Å². The molecule has 0 aliphatic carbocycles. The Kier molecular flexibility index (Phi) is 6.36. The van der Waals surface area contributed by atoms with Crippen LogP contribution >= 0.6 is 0 Å². The molecule has 0 bridgehead atoms. The number of carbonyl (C=O) groups excluding carboxylic acids is 1. The molecule has 31 heavy (non-hydrogen) atoms. The molecule has 0 saturated carbocycles. The van der Waals surface area contributed by atoms with E-state index in [1.165, 1.54) is 18.2 Å². The second-order valence-electron chi connectivity index (χ2n) is 7.58. The third-order valence-electron chi connectivity index (χ3n) is 5.46. The van der Waals surface area contributed by atoms with Gasteiger partial charge in [0, 0.05) is 49.1 Å². The Morgan fingerprint density at radius 1 is 1.16 bits per heavy atom. The minimum Gasteiger partial charge on any atom is -0.368 e. The molecule has 1 fully saturated rings. The molecule has 1 aromatic carbocycles. The molecule has 0 N–H and O–H groups in total. The van der Waals surface area contributed by atoms with Crippen molar-refractivity contribution < 1.29 is 18.3 Å². The maximum atomic E-state index is 14.0. The molecule has 4 rings (SSSR count). The standard InChI is InChI=1S/C23H24F2N4O2/c1-16-8-10-26-29(16)11-9-23(30)28-12-13-31-22(15-28)21-7-2-4-17(27-21)14-18-19(24)5-3-6-20(18)25/h2-8,10,22H,9,11-15H2,1H3. The van der Waals surface area contributed by atoms with Gasteiger partial charge in [0.1, 0.15) is 17.7 Å². The summed E-state index contributed by atoms with van der Waals surface area (Å²) in [6.07, 6.45) is 1.74. The van der Waals surface area contributed by atoms with Gasteiger partial charge in [0.05, 0.1) is 18.8 Å². The summed E-state index contributed by atoms with van der Waals surface area (Å²) in [6.45, 7) is 3.80. The molecule has 8 heteroatoms. The van der Waals surface area contributed by atoms with Crippen molar-refractivity contribution in [1.29, 1.82) is 0 Å². The van der Waals surface area contributed by atoms with Crippen molar-refractivity contribution in [3.63, 3.8) is 0 Å². The number of ether oxygens (including phenoxy) is 1. The number of rotatable bonds is 6. The minimum absolute atomic E-state index is 0.0116. The molecule has 3 heterocycles. The third-order valence-corrected chi connectivity index (χ3v) is 5.46. The molecular weight excluding hydrogens is 402 g/mol. The normalized spacial score (nSPS) is 16.5. The van der Waals surface area contributed by atoms with Crippen molar-refractivity contribution in [3.8, 4) is 0 Å². The van der Waals surface area contributed by atoms with E-state index in [0.29, 0.717) is 44.0 Å². The van der Waals surface area contributed by atoms with Gasteiger partial charge in [-0.05, 0) is 37.3 Å². The highest BCUT2D eigenvalue weighted by molar-refractivity contribution is 5.76. The summed E-state index contributed by atoms with van der Waals surface area (Å²) in [5.41, 5.74) is 2.19. The third kappa shape index (κ3) is 4.96. The van der Waals surface area contributed by atoms with E-state index < -0.39 is 11.6 Å². The van der Waals surface area contributed by atoms with E-state index in [-0.39, 0.29) is 24.0 Å². The van der Waals surface area contributed by atoms with Crippen LogP contribution < -0.4 is 0 Å². The molecule has 1 atom stereocenters. The largest absolute Gasteiger partial charge is 0.368 e. The van der Waals surface area contributed by atoms with Crippen molar-refractivity contribution in [2.45, 2.75) is 32.4 Å². The van der Waals surface area contributed by atoms with Crippen LogP contribution in [-0.4, -0.2) is 45.3 Å². The molecule has 0 spiro atoms. The first-order valence-electron chi connectivity index (χ1n) is 10.3. The molecular formula is C23H24F2N4O2. The first-order valence-corrected chi connectivity index (χ1v) is 10.3. The van der Waals surface area contributed by atoms with Gasteiger partial charge in [0.15, 0.2) is 0 Å². The number of morpholine rings is 1. The van der Waals surface area contributed by atoms with Crippen LogP contribution in [0.2, 0.25) is 0 Å². The van der Waals surface area contributed by atoms with Crippen LogP contribution in [-0.2, 0) is 22.5 Å². The van der Waals surface area contributed by atoms with Crippen LogP contribution in [0, 0.1) is 18.6 Å². The lowest BCUT2D eigenvalue weighted by atomic mass is 10.1. The molecule has 2 aromatic heterocycles. The van der Waals surface area contributed by atoms with E-state index in [9.17, 15) is 13.6 Å². The predicted octanol–water partition coefficient (Wildman–Crippen LogP) is 3.45. The molecule has 1 aliphatic rings. The van der Waals surface area contributed by atoms with Crippen LogP contribution in [0.25, 0.3) is 0 Å². The van der Waals surface area contributed by atoms with E-state index in [2.05, 4.69) is 10.1 Å². The molecule has 3 aromatic rings. The zero-order valence-corrected chi connectivity index (χ0v) is 17.3. The molecule has 1 aliphatic heterocycles. The number of amides is 1. The summed E-state index contributed by atoms with van der Waals surface area (Å²) in [5.74, 6) is -1.15. The number of carbonyl (C=O) groups is 1. The number of hydrogen-bond donors (Lipinski definition) is 0. The maximum Gasteiger partial charge on any atom is 0.224 e. The van der Waals surface area contributed by atoms with Crippen molar-refractivity contribution in [2.24, 2.45) is 0 Å². The monoisotopic (exact) mass is 426 g/mol. The van der Waals surface area contributed by atoms with Crippen molar-refractivity contribution in [3.05, 3.63) is 82.9 Å². The zero-order chi connectivity index (χ0) is 21.8. The number of aryl methyl sites for hydroxylation is 2. The van der Waals surface area contributed by atoms with E-state index in [0.717, 1.165) is 5.69 Å². The molecule has 6 nitrogen and oxygen atoms in total. The van der Waals surface area contributed by atoms with Gasteiger partial charge in [-0.25, -0.2) is 8.78 Å². The first-order chi connectivity index (χ1) is 15.0. The average molecular weight is 426 g/mol. The highest BCUT2D eigenvalue weighted by atomic mass is 19.1. The van der Waals surface area contributed by atoms with Crippen LogP contribution in [0.15, 0.2) is 48.7 Å². The van der Waals surface area contributed by atoms with Gasteiger partial charge in [0.25, 0.3) is 0 Å². The van der Waals surface area contributed by atoms with Crippen molar-refractivity contribution >= 4 is 5.91 Å². The zero-order valence-electron chi connectivity index (χ0n) is 17.3. The molecule has 1 unspecified atom stereocenters. The van der Waals surface area contributed by atoms with Gasteiger partial charge in [-0.3, -0.25) is 14.5 Å². The lowest BCUT2D eigenvalue weighted by Gasteiger charge is -2.33. The minimum atomic E-state index is -0.592. The Bertz CT molecular complexity index is 1050. The summed E-state index contributed by atoms with van der Waals surface area (Å²) >= 11 is 0. The van der Waals surface area contributed by atoms with E-state index in [1.807, 2.05) is 23.7 Å². The Balaban J connectivity index is 1.42. The molecule has 1 saturated heterocycles. The first kappa shape index (κ1) is 21.1. The number of hydrogen-bond acceptors (Lipinski definition) is 4. The number of benzene rings is 1. The molecule has 1 amide bonds.